The number of carboxylic acid groups (broad SMARTS) is 1. The highest BCUT2D eigenvalue weighted by atomic mass is 16.5. The van der Waals surface area contributed by atoms with E-state index in [0.717, 1.165) is 5.56 Å². The van der Waals surface area contributed by atoms with Crippen molar-refractivity contribution >= 4 is 34.8 Å². The molecule has 0 saturated carbocycles. The summed E-state index contributed by atoms with van der Waals surface area (Å²) < 4.78 is 4.55. The summed E-state index contributed by atoms with van der Waals surface area (Å²) in [6.45, 7) is 0. The van der Waals surface area contributed by atoms with E-state index in [1.165, 1.54) is 13.2 Å². The average molecular weight is 429 g/mol. The number of amides is 1. The molecule has 160 valence electrons. The predicted molar refractivity (Wildman–Crippen MR) is 118 cm³/mol. The summed E-state index contributed by atoms with van der Waals surface area (Å²) in [6, 6.07) is 19.2. The lowest BCUT2D eigenvalue weighted by atomic mass is 9.90. The number of anilines is 1. The summed E-state index contributed by atoms with van der Waals surface area (Å²) in [7, 11) is 1.24. The lowest BCUT2D eigenvalue weighted by Crippen LogP contribution is -2.13. The standard InChI is InChI=1S/C24H19N3O5/c1-32-24(31)27-23-25-18-11-10-16(13-19(18)26-23)21(28)20-15(8-5-9-17(20)22(29)30)12-14-6-3-2-4-7-14/h2-11,13H,12H2,1H3,(H,29,30)(H2,25,26,27,31). The number of imidazole rings is 1. The zero-order valence-corrected chi connectivity index (χ0v) is 17.1. The second kappa shape index (κ2) is 8.73. The summed E-state index contributed by atoms with van der Waals surface area (Å²) in [4.78, 5) is 43.9. The van der Waals surface area contributed by atoms with Crippen molar-refractivity contribution in [2.75, 3.05) is 12.4 Å². The number of rotatable bonds is 6. The van der Waals surface area contributed by atoms with E-state index in [2.05, 4.69) is 20.0 Å². The molecule has 0 aliphatic heterocycles. The molecule has 0 spiro atoms. The summed E-state index contributed by atoms with van der Waals surface area (Å²) in [5, 5.41) is 12.1. The molecule has 0 aliphatic carbocycles. The van der Waals surface area contributed by atoms with E-state index in [9.17, 15) is 19.5 Å². The first kappa shape index (κ1) is 20.8. The van der Waals surface area contributed by atoms with Crippen LogP contribution in [0.1, 0.15) is 37.4 Å². The van der Waals surface area contributed by atoms with Gasteiger partial charge in [-0.3, -0.25) is 10.1 Å². The largest absolute Gasteiger partial charge is 0.478 e. The van der Waals surface area contributed by atoms with E-state index in [-0.39, 0.29) is 22.6 Å². The second-order valence-corrected chi connectivity index (χ2v) is 7.07. The van der Waals surface area contributed by atoms with Gasteiger partial charge in [-0.15, -0.1) is 0 Å². The topological polar surface area (TPSA) is 121 Å². The minimum Gasteiger partial charge on any atom is -0.478 e. The van der Waals surface area contributed by atoms with Crippen molar-refractivity contribution in [2.24, 2.45) is 0 Å². The molecule has 4 aromatic rings. The van der Waals surface area contributed by atoms with Crippen LogP contribution in [0.3, 0.4) is 0 Å². The highest BCUT2D eigenvalue weighted by Gasteiger charge is 2.22. The van der Waals surface area contributed by atoms with Crippen LogP contribution >= 0.6 is 0 Å². The minimum atomic E-state index is -1.17. The normalized spacial score (nSPS) is 10.7. The van der Waals surface area contributed by atoms with Gasteiger partial charge >= 0.3 is 12.1 Å². The van der Waals surface area contributed by atoms with Crippen LogP contribution in [0.2, 0.25) is 0 Å². The number of carbonyl (C=O) groups is 3. The first-order valence-electron chi connectivity index (χ1n) is 9.75. The molecule has 8 nitrogen and oxygen atoms in total. The van der Waals surface area contributed by atoms with Gasteiger partial charge in [-0.25, -0.2) is 14.6 Å². The first-order valence-corrected chi connectivity index (χ1v) is 9.75. The highest BCUT2D eigenvalue weighted by molar-refractivity contribution is 6.16. The number of carbonyl (C=O) groups excluding carboxylic acids is 2. The van der Waals surface area contributed by atoms with Gasteiger partial charge in [0.25, 0.3) is 0 Å². The van der Waals surface area contributed by atoms with Crippen molar-refractivity contribution in [2.45, 2.75) is 6.42 Å². The molecule has 8 heteroatoms. The number of ether oxygens (including phenoxy) is 1. The highest BCUT2D eigenvalue weighted by Crippen LogP contribution is 2.24. The van der Waals surface area contributed by atoms with Gasteiger partial charge in [0, 0.05) is 11.1 Å². The van der Waals surface area contributed by atoms with Crippen LogP contribution in [-0.2, 0) is 11.2 Å². The summed E-state index contributed by atoms with van der Waals surface area (Å²) in [5.74, 6) is -1.41. The van der Waals surface area contributed by atoms with Gasteiger partial charge in [-0.05, 0) is 41.8 Å². The van der Waals surface area contributed by atoms with Crippen molar-refractivity contribution in [3.63, 3.8) is 0 Å². The zero-order valence-electron chi connectivity index (χ0n) is 17.1. The fraction of sp³-hybridized carbons (Fsp3) is 0.0833. The number of H-pyrrole nitrogens is 1. The Bertz CT molecular complexity index is 1330. The number of hydrogen-bond acceptors (Lipinski definition) is 5. The summed E-state index contributed by atoms with van der Waals surface area (Å²) in [6.07, 6.45) is -0.262. The smallest absolute Gasteiger partial charge is 0.413 e. The number of methoxy groups -OCH3 is 1. The quantitative estimate of drug-likeness (QED) is 0.394. The maximum atomic E-state index is 13.5. The van der Waals surface area contributed by atoms with E-state index >= 15 is 0 Å². The van der Waals surface area contributed by atoms with Gasteiger partial charge in [0.2, 0.25) is 5.95 Å². The van der Waals surface area contributed by atoms with Crippen molar-refractivity contribution in [3.05, 3.63) is 94.5 Å². The van der Waals surface area contributed by atoms with Crippen LogP contribution in [0.5, 0.6) is 0 Å². The van der Waals surface area contributed by atoms with Gasteiger partial charge in [-0.1, -0.05) is 42.5 Å². The van der Waals surface area contributed by atoms with E-state index in [1.54, 1.807) is 30.3 Å². The maximum absolute atomic E-state index is 13.5. The molecular weight excluding hydrogens is 410 g/mol. The number of benzene rings is 3. The van der Waals surface area contributed by atoms with Crippen LogP contribution in [0.25, 0.3) is 11.0 Å². The van der Waals surface area contributed by atoms with Crippen LogP contribution in [0.15, 0.2) is 66.7 Å². The third-order valence-electron chi connectivity index (χ3n) is 5.00. The number of fused-ring (bicyclic) bond motifs is 1. The number of ketones is 1. The number of nitrogens with one attached hydrogen (secondary N) is 2. The Kier molecular flexibility index (Phi) is 5.67. The molecule has 0 saturated heterocycles. The molecule has 1 aromatic heterocycles. The lowest BCUT2D eigenvalue weighted by Gasteiger charge is -2.12. The molecule has 0 atom stereocenters. The third kappa shape index (κ3) is 4.20. The molecule has 0 fully saturated rings. The summed E-state index contributed by atoms with van der Waals surface area (Å²) in [5.41, 5.74) is 3.01. The Morgan fingerprint density at radius 3 is 2.53 bits per heavy atom. The number of aromatic carboxylic acids is 1. The fourth-order valence-corrected chi connectivity index (χ4v) is 3.51. The molecule has 32 heavy (non-hydrogen) atoms. The Balaban J connectivity index is 1.75. The first-order chi connectivity index (χ1) is 15.5. The van der Waals surface area contributed by atoms with Crippen LogP contribution in [0, 0.1) is 0 Å². The molecular formula is C24H19N3O5. The Morgan fingerprint density at radius 2 is 1.81 bits per heavy atom. The van der Waals surface area contributed by atoms with Crippen molar-refractivity contribution < 1.29 is 24.2 Å². The average Bonchev–Trinajstić information content (AvgIpc) is 3.20. The van der Waals surface area contributed by atoms with Crippen molar-refractivity contribution in [1.82, 2.24) is 9.97 Å². The summed E-state index contributed by atoms with van der Waals surface area (Å²) >= 11 is 0. The maximum Gasteiger partial charge on any atom is 0.413 e. The number of aromatic nitrogens is 2. The Morgan fingerprint density at radius 1 is 1.03 bits per heavy atom. The van der Waals surface area contributed by atoms with Gasteiger partial charge in [0.15, 0.2) is 5.78 Å². The molecule has 0 bridgehead atoms. The van der Waals surface area contributed by atoms with Gasteiger partial charge in [0.1, 0.15) is 0 Å². The number of carboxylic acids is 1. The van der Waals surface area contributed by atoms with E-state index in [0.29, 0.717) is 23.0 Å². The Hall–Kier alpha value is -4.46. The Labute approximate surface area is 182 Å². The van der Waals surface area contributed by atoms with E-state index < -0.39 is 17.8 Å². The monoisotopic (exact) mass is 429 g/mol. The second-order valence-electron chi connectivity index (χ2n) is 7.07. The van der Waals surface area contributed by atoms with Crippen molar-refractivity contribution in [1.29, 1.82) is 0 Å². The van der Waals surface area contributed by atoms with Crippen molar-refractivity contribution in [3.8, 4) is 0 Å². The number of hydrogen-bond donors (Lipinski definition) is 3. The molecule has 0 radical (unpaired) electrons. The van der Waals surface area contributed by atoms with Crippen LogP contribution < -0.4 is 5.32 Å². The van der Waals surface area contributed by atoms with E-state index in [1.807, 2.05) is 30.3 Å². The molecule has 3 aromatic carbocycles. The fourth-order valence-electron chi connectivity index (χ4n) is 3.51. The van der Waals surface area contributed by atoms with Gasteiger partial charge in [-0.2, -0.15) is 0 Å². The van der Waals surface area contributed by atoms with Gasteiger partial charge < -0.3 is 14.8 Å². The molecule has 0 aliphatic rings. The predicted octanol–water partition coefficient (Wildman–Crippen LogP) is 4.26. The molecule has 1 heterocycles. The number of aromatic amines is 1. The molecule has 0 unspecified atom stereocenters. The molecule has 4 rings (SSSR count). The minimum absolute atomic E-state index is 0.0568. The lowest BCUT2D eigenvalue weighted by molar-refractivity contribution is 0.0692. The zero-order chi connectivity index (χ0) is 22.7. The van der Waals surface area contributed by atoms with Crippen LogP contribution in [0.4, 0.5) is 10.7 Å². The van der Waals surface area contributed by atoms with Gasteiger partial charge in [0.05, 0.1) is 23.7 Å². The number of nitrogens with zero attached hydrogens (tertiary/aromatic N) is 1. The SMILES string of the molecule is COC(=O)Nc1nc2cc(C(=O)c3c(Cc4ccccc4)cccc3C(=O)O)ccc2[nH]1. The molecule has 3 N–H and O–H groups in total. The molecule has 1 amide bonds. The van der Waals surface area contributed by atoms with E-state index in [4.69, 9.17) is 0 Å². The third-order valence-corrected chi connectivity index (χ3v) is 5.00. The van der Waals surface area contributed by atoms with Crippen LogP contribution in [-0.4, -0.2) is 40.0 Å².